The molecule has 0 atom stereocenters. The molecule has 0 heterocycles. The highest BCUT2D eigenvalue weighted by Gasteiger charge is 2.03. The predicted molar refractivity (Wildman–Crippen MR) is 43.6 cm³/mol. The van der Waals surface area contributed by atoms with Crippen molar-refractivity contribution < 1.29 is 9.53 Å². The smallest absolute Gasteiger partial charge is 0.316 e. The normalized spacial score (nSPS) is 9.36. The lowest BCUT2D eigenvalue weighted by atomic mass is 10.6. The molecule has 0 bridgehead atoms. The van der Waals surface area contributed by atoms with E-state index in [1.165, 1.54) is 0 Å². The molecule has 0 aromatic heterocycles. The number of hydrogen-bond donors (Lipinski definition) is 1. The van der Waals surface area contributed by atoms with Gasteiger partial charge in [0.05, 0.1) is 6.61 Å². The van der Waals surface area contributed by atoms with E-state index < -0.39 is 0 Å². The number of nitrogens with zero attached hydrogens (tertiary/aromatic N) is 1. The molecular formula is C7H16N2O2. The maximum atomic E-state index is 10.9. The maximum Gasteiger partial charge on any atom is 0.316 e. The molecule has 0 aliphatic heterocycles. The monoisotopic (exact) mass is 160 g/mol. The van der Waals surface area contributed by atoms with E-state index in [1.54, 1.807) is 19.0 Å². The van der Waals surface area contributed by atoms with Crippen molar-refractivity contribution in [2.45, 2.75) is 6.92 Å². The summed E-state index contributed by atoms with van der Waals surface area (Å²) in [4.78, 5) is 12.4. The zero-order valence-electron chi connectivity index (χ0n) is 7.39. The highest BCUT2D eigenvalue weighted by atomic mass is 16.5. The van der Waals surface area contributed by atoms with Gasteiger partial charge in [0.25, 0.3) is 0 Å². The van der Waals surface area contributed by atoms with E-state index in [0.29, 0.717) is 19.8 Å². The van der Waals surface area contributed by atoms with E-state index in [9.17, 15) is 4.79 Å². The second kappa shape index (κ2) is 5.97. The summed E-state index contributed by atoms with van der Waals surface area (Å²) >= 11 is 0. The third-order valence-corrected chi connectivity index (χ3v) is 1.34. The molecule has 0 aromatic carbocycles. The van der Waals surface area contributed by atoms with Gasteiger partial charge < -0.3 is 15.0 Å². The minimum absolute atomic E-state index is 0.0790. The molecule has 11 heavy (non-hydrogen) atoms. The van der Waals surface area contributed by atoms with Gasteiger partial charge >= 0.3 is 6.03 Å². The molecule has 4 heteroatoms. The minimum atomic E-state index is -0.0790. The van der Waals surface area contributed by atoms with E-state index in [-0.39, 0.29) is 6.03 Å². The molecule has 0 saturated carbocycles. The number of nitrogens with one attached hydrogen (secondary N) is 1. The first kappa shape index (κ1) is 10.2. The van der Waals surface area contributed by atoms with E-state index in [0.717, 1.165) is 0 Å². The van der Waals surface area contributed by atoms with E-state index in [4.69, 9.17) is 4.74 Å². The van der Waals surface area contributed by atoms with Gasteiger partial charge in [-0.2, -0.15) is 0 Å². The zero-order chi connectivity index (χ0) is 8.69. The molecule has 0 fully saturated rings. The first-order valence-electron chi connectivity index (χ1n) is 3.73. The SMILES string of the molecule is CCOCCN(C)C(=O)NC. The Morgan fingerprint density at radius 2 is 2.27 bits per heavy atom. The van der Waals surface area contributed by atoms with Crippen LogP contribution in [0.5, 0.6) is 0 Å². The van der Waals surface area contributed by atoms with Gasteiger partial charge in [-0.1, -0.05) is 0 Å². The summed E-state index contributed by atoms with van der Waals surface area (Å²) in [6.45, 7) is 3.86. The van der Waals surface area contributed by atoms with Crippen molar-refractivity contribution in [3.05, 3.63) is 0 Å². The van der Waals surface area contributed by atoms with E-state index >= 15 is 0 Å². The average molecular weight is 160 g/mol. The number of urea groups is 1. The molecule has 0 aromatic rings. The molecule has 0 aliphatic rings. The van der Waals surface area contributed by atoms with Crippen LogP contribution in [0, 0.1) is 0 Å². The average Bonchev–Trinajstić information content (AvgIpc) is 2.03. The van der Waals surface area contributed by atoms with Crippen molar-refractivity contribution in [1.29, 1.82) is 0 Å². The number of hydrogen-bond acceptors (Lipinski definition) is 2. The summed E-state index contributed by atoms with van der Waals surface area (Å²) in [5.41, 5.74) is 0. The Kier molecular flexibility index (Phi) is 5.56. The minimum Gasteiger partial charge on any atom is -0.380 e. The molecule has 0 radical (unpaired) electrons. The number of carbonyl (C=O) groups excluding carboxylic acids is 1. The van der Waals surface area contributed by atoms with Crippen LogP contribution in [0.25, 0.3) is 0 Å². The fourth-order valence-electron chi connectivity index (χ4n) is 0.638. The summed E-state index contributed by atoms with van der Waals surface area (Å²) in [6, 6.07) is -0.0790. The quantitative estimate of drug-likeness (QED) is 0.601. The van der Waals surface area contributed by atoms with Crippen molar-refractivity contribution in [1.82, 2.24) is 10.2 Å². The third kappa shape index (κ3) is 4.61. The van der Waals surface area contributed by atoms with Crippen LogP contribution in [0.1, 0.15) is 6.92 Å². The van der Waals surface area contributed by atoms with Gasteiger partial charge in [0, 0.05) is 27.2 Å². The zero-order valence-corrected chi connectivity index (χ0v) is 7.39. The van der Waals surface area contributed by atoms with E-state index in [1.807, 2.05) is 6.92 Å². The molecule has 0 rings (SSSR count). The fraction of sp³-hybridized carbons (Fsp3) is 0.857. The number of likely N-dealkylation sites (N-methyl/N-ethyl adjacent to an activating group) is 1. The Labute approximate surface area is 67.5 Å². The van der Waals surface area contributed by atoms with Gasteiger partial charge in [-0.25, -0.2) is 4.79 Å². The van der Waals surface area contributed by atoms with Crippen LogP contribution in [0.4, 0.5) is 4.79 Å². The van der Waals surface area contributed by atoms with Gasteiger partial charge in [-0.15, -0.1) is 0 Å². The van der Waals surface area contributed by atoms with Gasteiger partial charge in [-0.3, -0.25) is 0 Å². The van der Waals surface area contributed by atoms with Crippen LogP contribution in [-0.4, -0.2) is 44.8 Å². The van der Waals surface area contributed by atoms with E-state index in [2.05, 4.69) is 5.32 Å². The Balaban J connectivity index is 3.36. The second-order valence-corrected chi connectivity index (χ2v) is 2.17. The van der Waals surface area contributed by atoms with Gasteiger partial charge in [0.15, 0.2) is 0 Å². The van der Waals surface area contributed by atoms with Gasteiger partial charge in [-0.05, 0) is 6.92 Å². The van der Waals surface area contributed by atoms with Crippen LogP contribution in [0.15, 0.2) is 0 Å². The maximum absolute atomic E-state index is 10.9. The highest BCUT2D eigenvalue weighted by molar-refractivity contribution is 5.73. The summed E-state index contributed by atoms with van der Waals surface area (Å²) in [5.74, 6) is 0. The van der Waals surface area contributed by atoms with Crippen molar-refractivity contribution in [3.63, 3.8) is 0 Å². The molecule has 2 amide bonds. The number of rotatable bonds is 4. The lowest BCUT2D eigenvalue weighted by molar-refractivity contribution is 0.126. The standard InChI is InChI=1S/C7H16N2O2/c1-4-11-6-5-9(3)7(10)8-2/h4-6H2,1-3H3,(H,8,10). The lowest BCUT2D eigenvalue weighted by Crippen LogP contribution is -2.36. The van der Waals surface area contributed by atoms with Crippen molar-refractivity contribution >= 4 is 6.03 Å². The third-order valence-electron chi connectivity index (χ3n) is 1.34. The lowest BCUT2D eigenvalue weighted by Gasteiger charge is -2.15. The molecule has 0 spiro atoms. The molecular weight excluding hydrogens is 144 g/mol. The van der Waals surface area contributed by atoms with Crippen molar-refractivity contribution in [2.24, 2.45) is 0 Å². The molecule has 1 N–H and O–H groups in total. The first-order chi connectivity index (χ1) is 5.22. The number of carbonyl (C=O) groups is 1. The van der Waals surface area contributed by atoms with Gasteiger partial charge in [0.1, 0.15) is 0 Å². The summed E-state index contributed by atoms with van der Waals surface area (Å²) in [6.07, 6.45) is 0. The summed E-state index contributed by atoms with van der Waals surface area (Å²) in [7, 11) is 3.34. The Morgan fingerprint density at radius 1 is 1.64 bits per heavy atom. The van der Waals surface area contributed by atoms with Gasteiger partial charge in [0.2, 0.25) is 0 Å². The van der Waals surface area contributed by atoms with Crippen LogP contribution < -0.4 is 5.32 Å². The topological polar surface area (TPSA) is 41.6 Å². The van der Waals surface area contributed by atoms with Crippen LogP contribution >= 0.6 is 0 Å². The number of ether oxygens (including phenoxy) is 1. The predicted octanol–water partition coefficient (Wildman–Crippen LogP) is 0.294. The van der Waals surface area contributed by atoms with Crippen LogP contribution in [-0.2, 0) is 4.74 Å². The van der Waals surface area contributed by atoms with Crippen LogP contribution in [0.2, 0.25) is 0 Å². The molecule has 4 nitrogen and oxygen atoms in total. The summed E-state index contributed by atoms with van der Waals surface area (Å²) < 4.78 is 5.08. The fourth-order valence-corrected chi connectivity index (χ4v) is 0.638. The molecule has 0 unspecified atom stereocenters. The first-order valence-corrected chi connectivity index (χ1v) is 3.73. The van der Waals surface area contributed by atoms with Crippen molar-refractivity contribution in [3.8, 4) is 0 Å². The Hall–Kier alpha value is -0.770. The molecule has 0 aliphatic carbocycles. The molecule has 66 valence electrons. The largest absolute Gasteiger partial charge is 0.380 e. The Morgan fingerprint density at radius 3 is 2.73 bits per heavy atom. The van der Waals surface area contributed by atoms with Crippen LogP contribution in [0.3, 0.4) is 0 Å². The highest BCUT2D eigenvalue weighted by Crippen LogP contribution is 1.83. The van der Waals surface area contributed by atoms with Crippen molar-refractivity contribution in [2.75, 3.05) is 33.9 Å². The second-order valence-electron chi connectivity index (χ2n) is 2.17. The Bertz CT molecular complexity index is 117. The summed E-state index contributed by atoms with van der Waals surface area (Å²) in [5, 5.41) is 2.52. The molecule has 0 saturated heterocycles. The number of amides is 2.